The summed E-state index contributed by atoms with van der Waals surface area (Å²) in [6.45, 7) is 3.57. The van der Waals surface area contributed by atoms with Crippen LogP contribution in [0.25, 0.3) is 0 Å². The highest BCUT2D eigenvalue weighted by Gasteiger charge is 2.55. The van der Waals surface area contributed by atoms with E-state index in [9.17, 15) is 9.59 Å². The molecule has 2 atom stereocenters. The van der Waals surface area contributed by atoms with Gasteiger partial charge in [-0.25, -0.2) is 0 Å². The second-order valence-electron chi connectivity index (χ2n) is 5.88. The first-order valence-electron chi connectivity index (χ1n) is 6.67. The van der Waals surface area contributed by atoms with Crippen molar-refractivity contribution in [3.63, 3.8) is 0 Å². The van der Waals surface area contributed by atoms with Crippen molar-refractivity contribution in [2.45, 2.75) is 37.8 Å². The van der Waals surface area contributed by atoms with Crippen LogP contribution in [0.2, 0.25) is 0 Å². The molecule has 0 spiro atoms. The van der Waals surface area contributed by atoms with E-state index in [0.717, 1.165) is 18.4 Å². The van der Waals surface area contributed by atoms with Crippen LogP contribution in [0.3, 0.4) is 0 Å². The number of hydrogen-bond donors (Lipinski definition) is 2. The lowest BCUT2D eigenvalue weighted by atomic mass is 9.82. The number of nitrogens with one attached hydrogen (secondary N) is 2. The first kappa shape index (κ1) is 12.2. The molecular formula is C15H18N2O2. The van der Waals surface area contributed by atoms with Crippen LogP contribution in [0.15, 0.2) is 30.3 Å². The van der Waals surface area contributed by atoms with Crippen molar-refractivity contribution >= 4 is 11.8 Å². The highest BCUT2D eigenvalue weighted by atomic mass is 16.2. The molecule has 2 amide bonds. The highest BCUT2D eigenvalue weighted by molar-refractivity contribution is 6.02. The molecule has 2 fully saturated rings. The summed E-state index contributed by atoms with van der Waals surface area (Å²) >= 11 is 0. The van der Waals surface area contributed by atoms with Gasteiger partial charge in [0.25, 0.3) is 5.91 Å². The number of rotatable bonds is 2. The molecule has 2 N–H and O–H groups in total. The summed E-state index contributed by atoms with van der Waals surface area (Å²) in [5, 5.41) is 5.86. The van der Waals surface area contributed by atoms with Gasteiger partial charge in [-0.15, -0.1) is 0 Å². The summed E-state index contributed by atoms with van der Waals surface area (Å²) in [6, 6.07) is 9.35. The number of amides is 2. The summed E-state index contributed by atoms with van der Waals surface area (Å²) in [7, 11) is 0. The predicted molar refractivity (Wildman–Crippen MR) is 71.2 cm³/mol. The van der Waals surface area contributed by atoms with Gasteiger partial charge in [-0.3, -0.25) is 9.59 Å². The second-order valence-corrected chi connectivity index (χ2v) is 5.88. The summed E-state index contributed by atoms with van der Waals surface area (Å²) in [5.74, 6) is 0.0606. The Balaban J connectivity index is 1.94. The SMILES string of the molecule is CC1(c2ccccc2)NC(=O)C(C)(C2CC2)NC1=O. The first-order chi connectivity index (χ1) is 8.97. The summed E-state index contributed by atoms with van der Waals surface area (Å²) in [6.07, 6.45) is 2.01. The molecular weight excluding hydrogens is 240 g/mol. The number of hydrogen-bond acceptors (Lipinski definition) is 2. The largest absolute Gasteiger partial charge is 0.339 e. The molecule has 2 aliphatic rings. The smallest absolute Gasteiger partial charge is 0.250 e. The summed E-state index contributed by atoms with van der Waals surface area (Å²) < 4.78 is 0. The van der Waals surface area contributed by atoms with Crippen molar-refractivity contribution in [1.82, 2.24) is 10.6 Å². The molecule has 4 nitrogen and oxygen atoms in total. The number of carbonyl (C=O) groups excluding carboxylic acids is 2. The van der Waals surface area contributed by atoms with Crippen LogP contribution in [-0.2, 0) is 15.1 Å². The van der Waals surface area contributed by atoms with Crippen molar-refractivity contribution in [2.24, 2.45) is 5.92 Å². The molecule has 1 saturated carbocycles. The first-order valence-corrected chi connectivity index (χ1v) is 6.67. The van der Waals surface area contributed by atoms with Crippen molar-refractivity contribution < 1.29 is 9.59 Å². The summed E-state index contributed by atoms with van der Waals surface area (Å²) in [4.78, 5) is 24.9. The lowest BCUT2D eigenvalue weighted by molar-refractivity contribution is -0.146. The zero-order valence-electron chi connectivity index (χ0n) is 11.2. The zero-order chi connectivity index (χ0) is 13.7. The number of benzene rings is 1. The van der Waals surface area contributed by atoms with Crippen molar-refractivity contribution in [2.75, 3.05) is 0 Å². The molecule has 1 heterocycles. The minimum atomic E-state index is -0.979. The predicted octanol–water partition coefficient (Wildman–Crippen LogP) is 1.32. The fourth-order valence-electron chi connectivity index (χ4n) is 2.75. The van der Waals surface area contributed by atoms with Gasteiger partial charge in [0.05, 0.1) is 0 Å². The molecule has 0 radical (unpaired) electrons. The van der Waals surface area contributed by atoms with E-state index in [1.807, 2.05) is 37.3 Å². The average Bonchev–Trinajstić information content (AvgIpc) is 3.22. The van der Waals surface area contributed by atoms with Crippen LogP contribution in [0.1, 0.15) is 32.3 Å². The van der Waals surface area contributed by atoms with Gasteiger partial charge in [-0.05, 0) is 38.2 Å². The van der Waals surface area contributed by atoms with Crippen LogP contribution in [-0.4, -0.2) is 17.4 Å². The maximum absolute atomic E-state index is 12.5. The number of carbonyl (C=O) groups is 2. The Morgan fingerprint density at radius 1 is 1.00 bits per heavy atom. The lowest BCUT2D eigenvalue weighted by Gasteiger charge is -2.43. The van der Waals surface area contributed by atoms with Gasteiger partial charge < -0.3 is 10.6 Å². The molecule has 0 bridgehead atoms. The topological polar surface area (TPSA) is 58.2 Å². The lowest BCUT2D eigenvalue weighted by Crippen LogP contribution is -2.72. The van der Waals surface area contributed by atoms with E-state index < -0.39 is 11.1 Å². The molecule has 4 heteroatoms. The molecule has 2 unspecified atom stereocenters. The van der Waals surface area contributed by atoms with Crippen molar-refractivity contribution in [3.8, 4) is 0 Å². The van der Waals surface area contributed by atoms with Crippen LogP contribution in [0, 0.1) is 5.92 Å². The van der Waals surface area contributed by atoms with Crippen LogP contribution >= 0.6 is 0 Å². The van der Waals surface area contributed by atoms with E-state index in [1.54, 1.807) is 6.92 Å². The second kappa shape index (κ2) is 3.83. The number of piperazine rings is 1. The molecule has 1 saturated heterocycles. The Bertz CT molecular complexity index is 538. The minimum absolute atomic E-state index is 0.0825. The fraction of sp³-hybridized carbons (Fsp3) is 0.467. The van der Waals surface area contributed by atoms with Gasteiger partial charge in [0.1, 0.15) is 11.1 Å². The van der Waals surface area contributed by atoms with Crippen LogP contribution in [0.4, 0.5) is 0 Å². The third-order valence-electron chi connectivity index (χ3n) is 4.41. The monoisotopic (exact) mass is 258 g/mol. The van der Waals surface area contributed by atoms with Crippen molar-refractivity contribution in [1.29, 1.82) is 0 Å². The Hall–Kier alpha value is -1.84. The fourth-order valence-corrected chi connectivity index (χ4v) is 2.75. The maximum Gasteiger partial charge on any atom is 0.250 e. The third-order valence-corrected chi connectivity index (χ3v) is 4.41. The van der Waals surface area contributed by atoms with Gasteiger partial charge in [-0.1, -0.05) is 30.3 Å². The van der Waals surface area contributed by atoms with Gasteiger partial charge in [0.15, 0.2) is 0 Å². The van der Waals surface area contributed by atoms with E-state index in [2.05, 4.69) is 10.6 Å². The maximum atomic E-state index is 12.5. The van der Waals surface area contributed by atoms with E-state index >= 15 is 0 Å². The molecule has 1 aliphatic heterocycles. The van der Waals surface area contributed by atoms with E-state index in [4.69, 9.17) is 0 Å². The minimum Gasteiger partial charge on any atom is -0.339 e. The Labute approximate surface area is 112 Å². The van der Waals surface area contributed by atoms with Crippen molar-refractivity contribution in [3.05, 3.63) is 35.9 Å². The standard InChI is InChI=1S/C15H18N2O2/c1-14(10-6-4-3-5-7-10)12(18)17-15(2,11-8-9-11)13(19)16-14/h3-7,11H,8-9H2,1-2H3,(H,16,19)(H,17,18). The van der Waals surface area contributed by atoms with E-state index in [0.29, 0.717) is 0 Å². The Morgan fingerprint density at radius 3 is 2.21 bits per heavy atom. The molecule has 3 rings (SSSR count). The quantitative estimate of drug-likeness (QED) is 0.840. The van der Waals surface area contributed by atoms with E-state index in [1.165, 1.54) is 0 Å². The molecule has 0 aromatic heterocycles. The summed E-state index contributed by atoms with van der Waals surface area (Å²) in [5.41, 5.74) is -0.920. The van der Waals surface area contributed by atoms with Crippen LogP contribution < -0.4 is 10.6 Å². The van der Waals surface area contributed by atoms with Gasteiger partial charge >= 0.3 is 0 Å². The Kier molecular flexibility index (Phi) is 2.46. The third kappa shape index (κ3) is 1.74. The van der Waals surface area contributed by atoms with Gasteiger partial charge in [0.2, 0.25) is 5.91 Å². The van der Waals surface area contributed by atoms with Gasteiger partial charge in [-0.2, -0.15) is 0 Å². The van der Waals surface area contributed by atoms with E-state index in [-0.39, 0.29) is 17.7 Å². The zero-order valence-corrected chi connectivity index (χ0v) is 11.2. The highest BCUT2D eigenvalue weighted by Crippen LogP contribution is 2.42. The van der Waals surface area contributed by atoms with Crippen LogP contribution in [0.5, 0.6) is 0 Å². The molecule has 1 aromatic rings. The molecule has 1 aromatic carbocycles. The molecule has 19 heavy (non-hydrogen) atoms. The normalized spacial score (nSPS) is 34.6. The average molecular weight is 258 g/mol. The Morgan fingerprint density at radius 2 is 1.63 bits per heavy atom. The molecule has 1 aliphatic carbocycles. The van der Waals surface area contributed by atoms with Gasteiger partial charge in [0, 0.05) is 0 Å². The molecule has 100 valence electrons.